The Bertz CT molecular complexity index is 1070. The van der Waals surface area contributed by atoms with Crippen molar-refractivity contribution in [3.05, 3.63) is 71.9 Å². The number of carbonyl (C=O) groups is 1. The maximum absolute atomic E-state index is 12.8. The number of aromatic nitrogens is 2. The molecule has 1 amide bonds. The van der Waals surface area contributed by atoms with Gasteiger partial charge in [-0.15, -0.1) is 0 Å². The first kappa shape index (κ1) is 21.5. The monoisotopic (exact) mass is 436 g/mol. The summed E-state index contributed by atoms with van der Waals surface area (Å²) in [4.78, 5) is 15.6. The van der Waals surface area contributed by atoms with E-state index in [2.05, 4.69) is 12.2 Å². The first-order valence-electron chi connectivity index (χ1n) is 10.5. The van der Waals surface area contributed by atoms with Gasteiger partial charge < -0.3 is 5.32 Å². The minimum absolute atomic E-state index is 0.0474. The van der Waals surface area contributed by atoms with Crippen molar-refractivity contribution in [2.45, 2.75) is 36.6 Å². The topological polar surface area (TPSA) is 67.2 Å². The van der Waals surface area contributed by atoms with E-state index in [4.69, 9.17) is 5.10 Å². The summed E-state index contributed by atoms with van der Waals surface area (Å²) in [6.07, 6.45) is 3.98. The van der Waals surface area contributed by atoms with Gasteiger partial charge in [0.1, 0.15) is 5.82 Å². The molecule has 7 heteroatoms. The molecule has 1 aliphatic carbocycles. The van der Waals surface area contributed by atoms with E-state index in [0.29, 0.717) is 11.7 Å². The van der Waals surface area contributed by atoms with Crippen molar-refractivity contribution in [2.24, 2.45) is 0 Å². The van der Waals surface area contributed by atoms with Gasteiger partial charge in [0.15, 0.2) is 0 Å². The van der Waals surface area contributed by atoms with Crippen molar-refractivity contribution in [3.8, 4) is 5.69 Å². The molecule has 1 aliphatic rings. The van der Waals surface area contributed by atoms with Gasteiger partial charge in [-0.05, 0) is 56.6 Å². The molecule has 1 heterocycles. The minimum atomic E-state index is -0.994. The number of nitrogens with zero attached hydrogens (tertiary/aromatic N) is 3. The Hall–Kier alpha value is -2.77. The third kappa shape index (κ3) is 5.11. The summed E-state index contributed by atoms with van der Waals surface area (Å²) in [7, 11) is 0.937. The maximum atomic E-state index is 12.8. The number of para-hydroxylation sites is 1. The Balaban J connectivity index is 1.45. The largest absolute Gasteiger partial charge is 0.309 e. The zero-order valence-electron chi connectivity index (χ0n) is 18.1. The van der Waals surface area contributed by atoms with Crippen molar-refractivity contribution in [3.63, 3.8) is 0 Å². The Labute approximate surface area is 185 Å². The number of benzene rings is 2. The van der Waals surface area contributed by atoms with Crippen LogP contribution in [0.15, 0.2) is 65.6 Å². The van der Waals surface area contributed by atoms with E-state index in [9.17, 15) is 9.00 Å². The molecular weight excluding hydrogens is 408 g/mol. The second-order valence-electron chi connectivity index (χ2n) is 8.14. The molecule has 2 atom stereocenters. The van der Waals surface area contributed by atoms with Gasteiger partial charge in [0.25, 0.3) is 0 Å². The van der Waals surface area contributed by atoms with Crippen molar-refractivity contribution < 1.29 is 9.00 Å². The lowest BCUT2D eigenvalue weighted by Gasteiger charge is -2.24. The molecule has 2 aromatic carbocycles. The smallest absolute Gasteiger partial charge is 0.239 e. The van der Waals surface area contributed by atoms with Crippen LogP contribution >= 0.6 is 0 Å². The van der Waals surface area contributed by atoms with E-state index < -0.39 is 10.8 Å². The summed E-state index contributed by atoms with van der Waals surface area (Å²) in [6, 6.07) is 19.6. The molecule has 1 saturated carbocycles. The van der Waals surface area contributed by atoms with Crippen LogP contribution in [0.3, 0.4) is 0 Å². The molecule has 162 valence electrons. The Kier molecular flexibility index (Phi) is 6.34. The molecule has 4 rings (SSSR count). The Morgan fingerprint density at radius 1 is 1.19 bits per heavy atom. The summed E-state index contributed by atoms with van der Waals surface area (Å²) in [5, 5.41) is 7.80. The van der Waals surface area contributed by atoms with Crippen LogP contribution < -0.4 is 5.32 Å². The highest BCUT2D eigenvalue weighted by molar-refractivity contribution is 7.84. The predicted molar refractivity (Wildman–Crippen MR) is 124 cm³/mol. The highest BCUT2D eigenvalue weighted by Crippen LogP contribution is 2.40. The van der Waals surface area contributed by atoms with Crippen LogP contribution in [-0.4, -0.2) is 44.6 Å². The number of carbonyl (C=O) groups excluding carboxylic acids is 1. The number of rotatable bonds is 8. The fraction of sp³-hybridized carbons (Fsp3) is 0.333. The van der Waals surface area contributed by atoms with Crippen LogP contribution in [0.2, 0.25) is 0 Å². The van der Waals surface area contributed by atoms with Gasteiger partial charge in [-0.2, -0.15) is 5.10 Å². The number of hydrogen-bond donors (Lipinski definition) is 1. The minimum Gasteiger partial charge on any atom is -0.309 e. The predicted octanol–water partition coefficient (Wildman–Crippen LogP) is 4.12. The lowest BCUT2D eigenvalue weighted by Crippen LogP contribution is -2.32. The zero-order chi connectivity index (χ0) is 22.0. The lowest BCUT2D eigenvalue weighted by atomic mass is 10.1. The fourth-order valence-electron chi connectivity index (χ4n) is 3.57. The fourth-order valence-corrected chi connectivity index (χ4v) is 4.09. The molecule has 0 unspecified atom stereocenters. The molecule has 3 aromatic rings. The Morgan fingerprint density at radius 3 is 2.48 bits per heavy atom. The van der Waals surface area contributed by atoms with E-state index in [1.165, 1.54) is 0 Å². The molecule has 1 N–H and O–H groups in total. The third-order valence-electron chi connectivity index (χ3n) is 5.74. The summed E-state index contributed by atoms with van der Waals surface area (Å²) in [5.41, 5.74) is 3.05. The summed E-state index contributed by atoms with van der Waals surface area (Å²) < 4.78 is 13.4. The van der Waals surface area contributed by atoms with Gasteiger partial charge in [0.2, 0.25) is 5.91 Å². The molecule has 6 nitrogen and oxygen atoms in total. The highest BCUT2D eigenvalue weighted by atomic mass is 32.2. The van der Waals surface area contributed by atoms with Crippen LogP contribution in [0.4, 0.5) is 5.82 Å². The quantitative estimate of drug-likeness (QED) is 0.577. The number of hydrogen-bond acceptors (Lipinski definition) is 4. The maximum Gasteiger partial charge on any atom is 0.239 e. The number of amides is 1. The average Bonchev–Trinajstić information content (AvgIpc) is 3.54. The summed E-state index contributed by atoms with van der Waals surface area (Å²) in [5.74, 6) is 1.12. The number of likely N-dealkylation sites (N-methyl/N-ethyl adjacent to an activating group) is 1. The van der Waals surface area contributed by atoms with Gasteiger partial charge in [0, 0.05) is 40.0 Å². The molecule has 0 aliphatic heterocycles. The normalized spacial score (nSPS) is 15.6. The second-order valence-corrected chi connectivity index (χ2v) is 9.52. The molecule has 0 saturated heterocycles. The lowest BCUT2D eigenvalue weighted by molar-refractivity contribution is -0.117. The van der Waals surface area contributed by atoms with Crippen molar-refractivity contribution in [1.29, 1.82) is 0 Å². The van der Waals surface area contributed by atoms with Gasteiger partial charge in [0.05, 0.1) is 17.9 Å². The first-order chi connectivity index (χ1) is 14.9. The van der Waals surface area contributed by atoms with Gasteiger partial charge in [-0.25, -0.2) is 4.68 Å². The van der Waals surface area contributed by atoms with Crippen LogP contribution in [0, 0.1) is 0 Å². The average molecular weight is 437 g/mol. The van der Waals surface area contributed by atoms with Crippen molar-refractivity contribution in [1.82, 2.24) is 14.7 Å². The summed E-state index contributed by atoms with van der Waals surface area (Å²) >= 11 is 0. The van der Waals surface area contributed by atoms with Gasteiger partial charge in [-0.1, -0.05) is 30.3 Å². The number of nitrogens with one attached hydrogen (secondary N) is 1. The summed E-state index contributed by atoms with van der Waals surface area (Å²) in [6.45, 7) is 2.31. The van der Waals surface area contributed by atoms with E-state index in [-0.39, 0.29) is 18.5 Å². The van der Waals surface area contributed by atoms with E-state index in [1.54, 1.807) is 6.26 Å². The van der Waals surface area contributed by atoms with E-state index in [0.717, 1.165) is 34.7 Å². The van der Waals surface area contributed by atoms with Crippen LogP contribution in [-0.2, 0) is 15.6 Å². The third-order valence-corrected chi connectivity index (χ3v) is 6.68. The molecule has 0 radical (unpaired) electrons. The Morgan fingerprint density at radius 2 is 1.87 bits per heavy atom. The van der Waals surface area contributed by atoms with Crippen LogP contribution in [0.5, 0.6) is 0 Å². The van der Waals surface area contributed by atoms with Gasteiger partial charge >= 0.3 is 0 Å². The molecule has 1 aromatic heterocycles. The molecule has 31 heavy (non-hydrogen) atoms. The molecule has 0 spiro atoms. The molecule has 1 fully saturated rings. The first-order valence-corrected chi connectivity index (χ1v) is 12.1. The standard InChI is InChI=1S/C24H28N4O2S/c1-17(18-11-13-21(14-12-18)31(3)30)27(2)16-24(29)25-23-15-22(19-9-10-19)26-28(23)20-7-5-4-6-8-20/h4-8,11-15,17,19H,9-10,16H2,1-3H3,(H,25,29)/t17-,31-/m0/s1. The second kappa shape index (κ2) is 9.16. The van der Waals surface area contributed by atoms with E-state index >= 15 is 0 Å². The zero-order valence-corrected chi connectivity index (χ0v) is 18.9. The van der Waals surface area contributed by atoms with Crippen LogP contribution in [0.25, 0.3) is 5.69 Å². The highest BCUT2D eigenvalue weighted by Gasteiger charge is 2.28. The number of anilines is 1. The van der Waals surface area contributed by atoms with E-state index in [1.807, 2.05) is 77.3 Å². The van der Waals surface area contributed by atoms with Crippen LogP contribution in [0.1, 0.15) is 43.0 Å². The molecule has 0 bridgehead atoms. The SMILES string of the molecule is C[C@@H](c1ccc([S@](C)=O)cc1)N(C)CC(=O)Nc1cc(C2CC2)nn1-c1ccccc1. The van der Waals surface area contributed by atoms with Crippen molar-refractivity contribution in [2.75, 3.05) is 25.2 Å². The van der Waals surface area contributed by atoms with Crippen molar-refractivity contribution >= 4 is 22.5 Å². The molecular formula is C24H28N4O2S. The van der Waals surface area contributed by atoms with Gasteiger partial charge in [-0.3, -0.25) is 13.9 Å².